The predicted octanol–water partition coefficient (Wildman–Crippen LogP) is 2.03. The quantitative estimate of drug-likeness (QED) is 0.867. The van der Waals surface area contributed by atoms with E-state index in [2.05, 4.69) is 25.7 Å². The fourth-order valence-electron chi connectivity index (χ4n) is 2.86. The predicted molar refractivity (Wildman–Crippen MR) is 93.1 cm³/mol. The van der Waals surface area contributed by atoms with E-state index in [4.69, 9.17) is 11.6 Å². The van der Waals surface area contributed by atoms with Gasteiger partial charge >= 0.3 is 6.03 Å². The Labute approximate surface area is 146 Å². The number of hydrogen-bond donors (Lipinski definition) is 2. The number of rotatable bonds is 5. The van der Waals surface area contributed by atoms with E-state index >= 15 is 0 Å². The zero-order valence-electron chi connectivity index (χ0n) is 13.6. The second-order valence-electron chi connectivity index (χ2n) is 5.77. The van der Waals surface area contributed by atoms with E-state index in [1.165, 1.54) is 0 Å². The second-order valence-corrected chi connectivity index (χ2v) is 6.21. The Morgan fingerprint density at radius 3 is 3.12 bits per heavy atom. The molecule has 2 N–H and O–H groups in total. The van der Waals surface area contributed by atoms with Gasteiger partial charge < -0.3 is 20.1 Å². The number of carbonyl (C=O) groups is 1. The molecule has 1 aromatic carbocycles. The minimum Gasteiger partial charge on any atom is -0.369 e. The van der Waals surface area contributed by atoms with Crippen molar-refractivity contribution in [2.24, 2.45) is 0 Å². The van der Waals surface area contributed by atoms with Gasteiger partial charge in [-0.05, 0) is 31.5 Å². The summed E-state index contributed by atoms with van der Waals surface area (Å²) in [6.45, 7) is 4.83. The van der Waals surface area contributed by atoms with Crippen molar-refractivity contribution in [3.8, 4) is 0 Å². The van der Waals surface area contributed by atoms with E-state index < -0.39 is 0 Å². The summed E-state index contributed by atoms with van der Waals surface area (Å²) in [5.41, 5.74) is 1.09. The van der Waals surface area contributed by atoms with Crippen LogP contribution in [0.15, 0.2) is 30.6 Å². The average Bonchev–Trinajstić information content (AvgIpc) is 3.21. The van der Waals surface area contributed by atoms with Crippen molar-refractivity contribution < 1.29 is 4.79 Å². The molecule has 0 bridgehead atoms. The number of nitrogens with zero attached hydrogens (tertiary/aromatic N) is 4. The Bertz CT molecular complexity index is 703. The number of carbonyl (C=O) groups excluding carboxylic acids is 1. The van der Waals surface area contributed by atoms with E-state index in [0.29, 0.717) is 6.54 Å². The van der Waals surface area contributed by atoms with Gasteiger partial charge in [-0.1, -0.05) is 17.7 Å². The van der Waals surface area contributed by atoms with Crippen LogP contribution in [0.1, 0.15) is 19.2 Å². The second kappa shape index (κ2) is 7.53. The molecule has 1 aliphatic heterocycles. The largest absolute Gasteiger partial charge is 0.369 e. The zero-order chi connectivity index (χ0) is 16.9. The lowest BCUT2D eigenvalue weighted by atomic mass is 10.3. The third-order valence-electron chi connectivity index (χ3n) is 4.14. The van der Waals surface area contributed by atoms with Crippen LogP contribution in [0.3, 0.4) is 0 Å². The van der Waals surface area contributed by atoms with E-state index in [1.54, 1.807) is 6.33 Å². The molecule has 24 heavy (non-hydrogen) atoms. The van der Waals surface area contributed by atoms with Crippen molar-refractivity contribution in [3.05, 3.63) is 41.4 Å². The lowest BCUT2D eigenvalue weighted by Gasteiger charge is -2.19. The van der Waals surface area contributed by atoms with Crippen LogP contribution in [-0.2, 0) is 13.1 Å². The fourth-order valence-corrected chi connectivity index (χ4v) is 3.05. The van der Waals surface area contributed by atoms with E-state index in [-0.39, 0.29) is 12.1 Å². The molecule has 128 valence electrons. The summed E-state index contributed by atoms with van der Waals surface area (Å²) in [5.74, 6) is 0.750. The van der Waals surface area contributed by atoms with Crippen LogP contribution in [-0.4, -0.2) is 39.9 Å². The van der Waals surface area contributed by atoms with Gasteiger partial charge in [0.05, 0.1) is 6.54 Å². The molecule has 2 aromatic rings. The Morgan fingerprint density at radius 2 is 2.33 bits per heavy atom. The Morgan fingerprint density at radius 1 is 1.46 bits per heavy atom. The Balaban J connectivity index is 1.47. The highest BCUT2D eigenvalue weighted by atomic mass is 35.5. The van der Waals surface area contributed by atoms with Gasteiger partial charge in [-0.15, -0.1) is 10.2 Å². The third-order valence-corrected chi connectivity index (χ3v) is 4.38. The van der Waals surface area contributed by atoms with Gasteiger partial charge in [-0.2, -0.15) is 0 Å². The number of aromatic nitrogens is 3. The van der Waals surface area contributed by atoms with Crippen LogP contribution < -0.4 is 15.5 Å². The summed E-state index contributed by atoms with van der Waals surface area (Å²) in [6, 6.07) is 7.72. The lowest BCUT2D eigenvalue weighted by molar-refractivity contribution is 0.237. The normalized spacial score (nSPS) is 17.1. The van der Waals surface area contributed by atoms with Crippen molar-refractivity contribution in [2.75, 3.05) is 18.0 Å². The summed E-state index contributed by atoms with van der Waals surface area (Å²) < 4.78 is 1.90. The summed E-state index contributed by atoms with van der Waals surface area (Å²) >= 11 is 6.04. The highest BCUT2D eigenvalue weighted by Gasteiger charge is 2.24. The zero-order valence-corrected chi connectivity index (χ0v) is 14.3. The SMILES string of the molecule is CCn1cnnc1CNC(=O)N[C@H]1CCN(c2cccc(Cl)c2)C1. The molecule has 1 aliphatic rings. The molecule has 3 rings (SSSR count). The molecule has 7 nitrogen and oxygen atoms in total. The number of urea groups is 1. The minimum atomic E-state index is -0.182. The highest BCUT2D eigenvalue weighted by Crippen LogP contribution is 2.23. The number of amides is 2. The van der Waals surface area contributed by atoms with Crippen molar-refractivity contribution in [1.82, 2.24) is 25.4 Å². The van der Waals surface area contributed by atoms with Crippen molar-refractivity contribution in [1.29, 1.82) is 0 Å². The number of benzene rings is 1. The molecule has 1 saturated heterocycles. The van der Waals surface area contributed by atoms with Crippen molar-refractivity contribution in [3.63, 3.8) is 0 Å². The highest BCUT2D eigenvalue weighted by molar-refractivity contribution is 6.30. The van der Waals surface area contributed by atoms with Crippen LogP contribution >= 0.6 is 11.6 Å². The average molecular weight is 349 g/mol. The monoisotopic (exact) mass is 348 g/mol. The topological polar surface area (TPSA) is 75.1 Å². The number of hydrogen-bond acceptors (Lipinski definition) is 4. The molecule has 0 aliphatic carbocycles. The van der Waals surface area contributed by atoms with Crippen LogP contribution in [0.5, 0.6) is 0 Å². The molecule has 2 heterocycles. The van der Waals surface area contributed by atoms with Gasteiger partial charge in [0.25, 0.3) is 0 Å². The Hall–Kier alpha value is -2.28. The lowest BCUT2D eigenvalue weighted by Crippen LogP contribution is -2.43. The molecule has 2 amide bonds. The number of anilines is 1. The first-order valence-corrected chi connectivity index (χ1v) is 8.45. The van der Waals surface area contributed by atoms with Crippen molar-refractivity contribution in [2.45, 2.75) is 32.5 Å². The molecule has 0 saturated carbocycles. The van der Waals surface area contributed by atoms with Gasteiger partial charge in [-0.3, -0.25) is 0 Å². The van der Waals surface area contributed by atoms with Gasteiger partial charge in [0, 0.05) is 36.4 Å². The molecular formula is C16H21ClN6O. The molecule has 0 unspecified atom stereocenters. The van der Waals surface area contributed by atoms with E-state index in [1.807, 2.05) is 35.8 Å². The van der Waals surface area contributed by atoms with Crippen molar-refractivity contribution >= 4 is 23.3 Å². The molecular weight excluding hydrogens is 328 g/mol. The molecule has 0 radical (unpaired) electrons. The smallest absolute Gasteiger partial charge is 0.315 e. The van der Waals surface area contributed by atoms with Crippen LogP contribution in [0.25, 0.3) is 0 Å². The summed E-state index contributed by atoms with van der Waals surface area (Å²) in [4.78, 5) is 14.3. The van der Waals surface area contributed by atoms with Gasteiger partial charge in [-0.25, -0.2) is 4.79 Å². The Kier molecular flexibility index (Phi) is 5.20. The summed E-state index contributed by atoms with van der Waals surface area (Å²) in [5, 5.41) is 14.4. The van der Waals surface area contributed by atoms with E-state index in [9.17, 15) is 4.79 Å². The number of aryl methyl sites for hydroxylation is 1. The first-order chi connectivity index (χ1) is 11.7. The standard InChI is InChI=1S/C16H21ClN6O/c1-2-22-11-19-21-15(22)9-18-16(24)20-13-6-7-23(10-13)14-5-3-4-12(17)8-14/h3-5,8,11,13H,2,6-7,9-10H2,1H3,(H2,18,20,24)/t13-/m0/s1. The van der Waals surface area contributed by atoms with E-state index in [0.717, 1.165) is 42.6 Å². The molecule has 0 spiro atoms. The van der Waals surface area contributed by atoms with Gasteiger partial charge in [0.1, 0.15) is 6.33 Å². The maximum absolute atomic E-state index is 12.1. The number of nitrogens with one attached hydrogen (secondary N) is 2. The molecule has 1 fully saturated rings. The van der Waals surface area contributed by atoms with Gasteiger partial charge in [0.15, 0.2) is 5.82 Å². The van der Waals surface area contributed by atoms with Crippen LogP contribution in [0, 0.1) is 0 Å². The third kappa shape index (κ3) is 3.97. The minimum absolute atomic E-state index is 0.119. The summed E-state index contributed by atoms with van der Waals surface area (Å²) in [7, 11) is 0. The van der Waals surface area contributed by atoms with Crippen LogP contribution in [0.4, 0.5) is 10.5 Å². The first kappa shape index (κ1) is 16.6. The van der Waals surface area contributed by atoms with Gasteiger partial charge in [0.2, 0.25) is 0 Å². The van der Waals surface area contributed by atoms with Crippen LogP contribution in [0.2, 0.25) is 5.02 Å². The maximum Gasteiger partial charge on any atom is 0.315 e. The fraction of sp³-hybridized carbons (Fsp3) is 0.438. The molecule has 1 aromatic heterocycles. The molecule has 1 atom stereocenters. The summed E-state index contributed by atoms with van der Waals surface area (Å²) in [6.07, 6.45) is 2.57. The first-order valence-electron chi connectivity index (χ1n) is 8.07. The number of halogens is 1. The molecule has 8 heteroatoms. The maximum atomic E-state index is 12.1.